The topological polar surface area (TPSA) is 35.0 Å². The molecular weight excluding hydrogens is 176 g/mol. The van der Waals surface area contributed by atoms with E-state index in [2.05, 4.69) is 9.97 Å². The van der Waals surface area contributed by atoms with Crippen LogP contribution in [0.5, 0.6) is 6.01 Å². The van der Waals surface area contributed by atoms with Gasteiger partial charge in [-0.25, -0.2) is 9.97 Å². The van der Waals surface area contributed by atoms with Crippen molar-refractivity contribution >= 4 is 11.6 Å². The SMILES string of the molecule is CC.CCOc1ncc(Cl)cn1. The lowest BCUT2D eigenvalue weighted by molar-refractivity contribution is 0.312. The molecule has 1 aromatic rings. The van der Waals surface area contributed by atoms with Crippen LogP contribution < -0.4 is 4.74 Å². The normalized spacial score (nSPS) is 8.33. The molecule has 1 rings (SSSR count). The third-order valence-electron chi connectivity index (χ3n) is 0.870. The fourth-order valence-electron chi connectivity index (χ4n) is 0.504. The van der Waals surface area contributed by atoms with Crippen molar-refractivity contribution in [3.8, 4) is 6.01 Å². The second-order valence-electron chi connectivity index (χ2n) is 1.62. The zero-order valence-electron chi connectivity index (χ0n) is 7.54. The summed E-state index contributed by atoms with van der Waals surface area (Å²) >= 11 is 5.53. The zero-order valence-corrected chi connectivity index (χ0v) is 8.30. The molecule has 0 aliphatic heterocycles. The molecule has 0 N–H and O–H groups in total. The van der Waals surface area contributed by atoms with Crippen molar-refractivity contribution in [2.45, 2.75) is 20.8 Å². The average Bonchev–Trinajstić information content (AvgIpc) is 2.13. The molecule has 0 unspecified atom stereocenters. The fraction of sp³-hybridized carbons (Fsp3) is 0.500. The van der Waals surface area contributed by atoms with E-state index in [0.29, 0.717) is 17.6 Å². The monoisotopic (exact) mass is 188 g/mol. The van der Waals surface area contributed by atoms with Gasteiger partial charge in [0.2, 0.25) is 0 Å². The van der Waals surface area contributed by atoms with Gasteiger partial charge in [0.25, 0.3) is 0 Å². The van der Waals surface area contributed by atoms with Gasteiger partial charge in [0.15, 0.2) is 0 Å². The minimum atomic E-state index is 0.368. The Morgan fingerprint density at radius 1 is 1.33 bits per heavy atom. The first-order chi connectivity index (χ1) is 5.83. The van der Waals surface area contributed by atoms with Gasteiger partial charge in [0, 0.05) is 0 Å². The van der Waals surface area contributed by atoms with E-state index in [-0.39, 0.29) is 0 Å². The van der Waals surface area contributed by atoms with Gasteiger partial charge in [-0.05, 0) is 6.92 Å². The molecule has 0 aromatic carbocycles. The summed E-state index contributed by atoms with van der Waals surface area (Å²) in [4.78, 5) is 7.61. The Morgan fingerprint density at radius 2 is 1.83 bits per heavy atom. The van der Waals surface area contributed by atoms with Crippen LogP contribution >= 0.6 is 11.6 Å². The van der Waals surface area contributed by atoms with Crippen molar-refractivity contribution in [2.24, 2.45) is 0 Å². The molecule has 0 bridgehead atoms. The van der Waals surface area contributed by atoms with Crippen LogP contribution in [-0.2, 0) is 0 Å². The first-order valence-corrected chi connectivity index (χ1v) is 4.31. The summed E-state index contributed by atoms with van der Waals surface area (Å²) in [5.74, 6) is 0. The molecule has 0 amide bonds. The molecule has 4 heteroatoms. The van der Waals surface area contributed by atoms with Gasteiger partial charge in [-0.2, -0.15) is 0 Å². The molecule has 0 aliphatic carbocycles. The Bertz CT molecular complexity index is 201. The van der Waals surface area contributed by atoms with Crippen molar-refractivity contribution in [1.82, 2.24) is 9.97 Å². The van der Waals surface area contributed by atoms with E-state index in [1.54, 1.807) is 0 Å². The predicted molar refractivity (Wildman–Crippen MR) is 49.6 cm³/mol. The number of hydrogen-bond acceptors (Lipinski definition) is 3. The summed E-state index contributed by atoms with van der Waals surface area (Å²) < 4.78 is 4.98. The largest absolute Gasteiger partial charge is 0.464 e. The summed E-state index contributed by atoms with van der Waals surface area (Å²) in [5.41, 5.74) is 0. The Balaban J connectivity index is 0.000000561. The smallest absolute Gasteiger partial charge is 0.316 e. The predicted octanol–water partition coefficient (Wildman–Crippen LogP) is 2.55. The molecule has 12 heavy (non-hydrogen) atoms. The molecule has 0 atom stereocenters. The first kappa shape index (κ1) is 11.2. The minimum Gasteiger partial charge on any atom is -0.464 e. The number of nitrogens with zero attached hydrogens (tertiary/aromatic N) is 2. The highest BCUT2D eigenvalue weighted by molar-refractivity contribution is 6.30. The molecule has 0 saturated carbocycles. The highest BCUT2D eigenvalue weighted by atomic mass is 35.5. The summed E-state index contributed by atoms with van der Waals surface area (Å²) in [7, 11) is 0. The Kier molecular flexibility index (Phi) is 6.38. The van der Waals surface area contributed by atoms with Crippen molar-refractivity contribution in [3.63, 3.8) is 0 Å². The lowest BCUT2D eigenvalue weighted by Crippen LogP contribution is -1.95. The molecule has 68 valence electrons. The molecule has 0 spiro atoms. The molecule has 0 aliphatic rings. The van der Waals surface area contributed by atoms with Gasteiger partial charge in [-0.15, -0.1) is 0 Å². The zero-order chi connectivity index (χ0) is 9.40. The van der Waals surface area contributed by atoms with Crippen LogP contribution in [0.2, 0.25) is 5.02 Å². The minimum absolute atomic E-state index is 0.368. The number of ether oxygens (including phenoxy) is 1. The number of rotatable bonds is 2. The van der Waals surface area contributed by atoms with Gasteiger partial charge in [0.05, 0.1) is 24.0 Å². The molecule has 0 radical (unpaired) electrons. The molecule has 0 fully saturated rings. The van der Waals surface area contributed by atoms with E-state index in [1.165, 1.54) is 12.4 Å². The van der Waals surface area contributed by atoms with Crippen molar-refractivity contribution < 1.29 is 4.74 Å². The highest BCUT2D eigenvalue weighted by Gasteiger charge is 1.92. The van der Waals surface area contributed by atoms with E-state index < -0.39 is 0 Å². The van der Waals surface area contributed by atoms with Crippen LogP contribution in [0, 0.1) is 0 Å². The molecule has 1 heterocycles. The summed E-state index contributed by atoms with van der Waals surface area (Å²) in [6.45, 7) is 6.44. The third kappa shape index (κ3) is 4.13. The fourth-order valence-corrected chi connectivity index (χ4v) is 0.602. The van der Waals surface area contributed by atoms with Gasteiger partial charge < -0.3 is 4.74 Å². The maximum atomic E-state index is 5.53. The van der Waals surface area contributed by atoms with Gasteiger partial charge in [0.1, 0.15) is 0 Å². The van der Waals surface area contributed by atoms with Gasteiger partial charge in [-0.3, -0.25) is 0 Å². The summed E-state index contributed by atoms with van der Waals surface area (Å²) in [6, 6.07) is 0.368. The summed E-state index contributed by atoms with van der Waals surface area (Å²) in [6.07, 6.45) is 3.00. The highest BCUT2D eigenvalue weighted by Crippen LogP contribution is 2.06. The van der Waals surface area contributed by atoms with Crippen LogP contribution in [-0.4, -0.2) is 16.6 Å². The Hall–Kier alpha value is -0.830. The molecule has 0 saturated heterocycles. The molecular formula is C8H13ClN2O. The van der Waals surface area contributed by atoms with Crippen LogP contribution in [0.4, 0.5) is 0 Å². The van der Waals surface area contributed by atoms with Crippen LogP contribution in [0.1, 0.15) is 20.8 Å². The van der Waals surface area contributed by atoms with Gasteiger partial charge >= 0.3 is 6.01 Å². The second kappa shape index (κ2) is 6.85. The maximum absolute atomic E-state index is 5.53. The maximum Gasteiger partial charge on any atom is 0.316 e. The van der Waals surface area contributed by atoms with Gasteiger partial charge in [-0.1, -0.05) is 25.4 Å². The number of aromatic nitrogens is 2. The summed E-state index contributed by atoms with van der Waals surface area (Å²) in [5, 5.41) is 0.517. The van der Waals surface area contributed by atoms with E-state index in [9.17, 15) is 0 Å². The Labute approximate surface area is 77.8 Å². The molecule has 3 nitrogen and oxygen atoms in total. The lowest BCUT2D eigenvalue weighted by atomic mass is 10.7. The third-order valence-corrected chi connectivity index (χ3v) is 1.07. The second-order valence-corrected chi connectivity index (χ2v) is 2.05. The van der Waals surface area contributed by atoms with E-state index in [1.807, 2.05) is 20.8 Å². The Morgan fingerprint density at radius 3 is 2.25 bits per heavy atom. The van der Waals surface area contributed by atoms with E-state index >= 15 is 0 Å². The number of halogens is 1. The molecule has 1 aromatic heterocycles. The first-order valence-electron chi connectivity index (χ1n) is 3.93. The van der Waals surface area contributed by atoms with Crippen molar-refractivity contribution in [2.75, 3.05) is 6.61 Å². The average molecular weight is 189 g/mol. The van der Waals surface area contributed by atoms with Crippen molar-refractivity contribution in [3.05, 3.63) is 17.4 Å². The quantitative estimate of drug-likeness (QED) is 0.716. The van der Waals surface area contributed by atoms with E-state index in [4.69, 9.17) is 16.3 Å². The van der Waals surface area contributed by atoms with Crippen molar-refractivity contribution in [1.29, 1.82) is 0 Å². The van der Waals surface area contributed by atoms with E-state index in [0.717, 1.165) is 0 Å². The standard InChI is InChI=1S/C6H7ClN2O.C2H6/c1-2-10-6-8-3-5(7)4-9-6;1-2/h3-4H,2H2,1H3;1-2H3. The van der Waals surface area contributed by atoms with Crippen LogP contribution in [0.3, 0.4) is 0 Å². The van der Waals surface area contributed by atoms with Crippen LogP contribution in [0.25, 0.3) is 0 Å². The lowest BCUT2D eigenvalue weighted by Gasteiger charge is -1.97. The van der Waals surface area contributed by atoms with Crippen LogP contribution in [0.15, 0.2) is 12.4 Å². The number of hydrogen-bond donors (Lipinski definition) is 0.